The van der Waals surface area contributed by atoms with Gasteiger partial charge in [0.05, 0.1) is 18.8 Å². The minimum absolute atomic E-state index is 0.0263. The van der Waals surface area contributed by atoms with Crippen molar-refractivity contribution in [1.29, 1.82) is 0 Å². The summed E-state index contributed by atoms with van der Waals surface area (Å²) in [5.41, 5.74) is 0.846. The predicted octanol–water partition coefficient (Wildman–Crippen LogP) is 1.60. The molecule has 1 aromatic rings. The van der Waals surface area contributed by atoms with E-state index in [-0.39, 0.29) is 13.2 Å². The molecule has 3 N–H and O–H groups in total. The summed E-state index contributed by atoms with van der Waals surface area (Å²) in [6.07, 6.45) is 0.724. The first-order chi connectivity index (χ1) is 8.74. The molecule has 100 valence electrons. The van der Waals surface area contributed by atoms with Gasteiger partial charge in [0, 0.05) is 23.1 Å². The van der Waals surface area contributed by atoms with E-state index in [0.29, 0.717) is 5.92 Å². The first-order valence-electron chi connectivity index (χ1n) is 6.43. The zero-order valence-electron chi connectivity index (χ0n) is 10.7. The van der Waals surface area contributed by atoms with E-state index in [1.165, 1.54) is 10.5 Å². The quantitative estimate of drug-likeness (QED) is 0.733. The van der Waals surface area contributed by atoms with Gasteiger partial charge in [0.25, 0.3) is 0 Å². The largest absolute Gasteiger partial charge is 0.394 e. The molecular weight excluding hydrogens is 246 g/mol. The van der Waals surface area contributed by atoms with Crippen LogP contribution in [0.4, 0.5) is 0 Å². The molecule has 0 amide bonds. The summed E-state index contributed by atoms with van der Waals surface area (Å²) < 4.78 is 0. The lowest BCUT2D eigenvalue weighted by atomic mass is 9.95. The maximum atomic E-state index is 9.42. The number of aliphatic hydroxyl groups is 2. The molecule has 0 saturated carbocycles. The zero-order chi connectivity index (χ0) is 13.0. The summed E-state index contributed by atoms with van der Waals surface area (Å²) in [7, 11) is 0. The van der Waals surface area contributed by atoms with Gasteiger partial charge in [-0.25, -0.2) is 0 Å². The first-order valence-corrected chi connectivity index (χ1v) is 7.41. The fourth-order valence-electron chi connectivity index (χ4n) is 2.25. The van der Waals surface area contributed by atoms with E-state index in [1.807, 2.05) is 18.7 Å². The normalized spacial score (nSPS) is 18.9. The molecule has 3 nitrogen and oxygen atoms in total. The van der Waals surface area contributed by atoms with Crippen LogP contribution in [0, 0.1) is 0 Å². The number of rotatable bonds is 6. The van der Waals surface area contributed by atoms with Crippen molar-refractivity contribution in [3.63, 3.8) is 0 Å². The Morgan fingerprint density at radius 3 is 2.72 bits per heavy atom. The van der Waals surface area contributed by atoms with Crippen molar-refractivity contribution in [3.05, 3.63) is 29.8 Å². The second kappa shape index (κ2) is 6.06. The Labute approximate surface area is 113 Å². The molecule has 0 radical (unpaired) electrons. The molecule has 1 atom stereocenters. The Balaban J connectivity index is 2.00. The van der Waals surface area contributed by atoms with E-state index in [9.17, 15) is 10.2 Å². The molecular formula is C14H21NO2S. The summed E-state index contributed by atoms with van der Waals surface area (Å²) in [5, 5.41) is 22.2. The number of thioether (sulfide) groups is 1. The van der Waals surface area contributed by atoms with E-state index in [0.717, 1.165) is 18.7 Å². The maximum absolute atomic E-state index is 9.42. The highest BCUT2D eigenvalue weighted by Gasteiger charge is 2.29. The smallest absolute Gasteiger partial charge is 0.0645 e. The average molecular weight is 267 g/mol. The minimum Gasteiger partial charge on any atom is -0.394 e. The first kappa shape index (κ1) is 13.9. The molecule has 1 aliphatic rings. The SMILES string of the molecule is CCC(CO)(CO)NCC1CSc2ccccc21. The molecule has 1 aliphatic heterocycles. The van der Waals surface area contributed by atoms with E-state index in [1.54, 1.807) is 0 Å². The van der Waals surface area contributed by atoms with Crippen molar-refractivity contribution in [2.75, 3.05) is 25.5 Å². The van der Waals surface area contributed by atoms with E-state index >= 15 is 0 Å². The van der Waals surface area contributed by atoms with Crippen molar-refractivity contribution in [1.82, 2.24) is 5.32 Å². The fraction of sp³-hybridized carbons (Fsp3) is 0.571. The van der Waals surface area contributed by atoms with Crippen molar-refractivity contribution in [3.8, 4) is 0 Å². The van der Waals surface area contributed by atoms with Crippen molar-refractivity contribution in [2.45, 2.75) is 29.7 Å². The molecule has 4 heteroatoms. The van der Waals surface area contributed by atoms with Gasteiger partial charge in [0.2, 0.25) is 0 Å². The Morgan fingerprint density at radius 2 is 2.06 bits per heavy atom. The van der Waals surface area contributed by atoms with Gasteiger partial charge in [-0.05, 0) is 18.1 Å². The number of benzene rings is 1. The van der Waals surface area contributed by atoms with Gasteiger partial charge in [-0.3, -0.25) is 0 Å². The fourth-order valence-corrected chi connectivity index (χ4v) is 3.50. The highest BCUT2D eigenvalue weighted by Crippen LogP contribution is 2.39. The van der Waals surface area contributed by atoms with E-state index < -0.39 is 5.54 Å². The van der Waals surface area contributed by atoms with Crippen LogP contribution in [0.15, 0.2) is 29.2 Å². The molecule has 0 bridgehead atoms. The lowest BCUT2D eigenvalue weighted by Gasteiger charge is -2.31. The van der Waals surface area contributed by atoms with Crippen LogP contribution in [-0.2, 0) is 0 Å². The summed E-state index contributed by atoms with van der Waals surface area (Å²) in [6, 6.07) is 8.47. The van der Waals surface area contributed by atoms with Gasteiger partial charge < -0.3 is 15.5 Å². The van der Waals surface area contributed by atoms with Crippen LogP contribution in [0.5, 0.6) is 0 Å². The molecule has 0 aromatic heterocycles. The number of fused-ring (bicyclic) bond motifs is 1. The van der Waals surface area contributed by atoms with Gasteiger partial charge in [-0.2, -0.15) is 0 Å². The average Bonchev–Trinajstić information content (AvgIpc) is 2.85. The van der Waals surface area contributed by atoms with Crippen molar-refractivity contribution < 1.29 is 10.2 Å². The van der Waals surface area contributed by atoms with Crippen molar-refractivity contribution in [2.24, 2.45) is 0 Å². The molecule has 0 fully saturated rings. The highest BCUT2D eigenvalue weighted by molar-refractivity contribution is 7.99. The molecule has 0 aliphatic carbocycles. The van der Waals surface area contributed by atoms with Crippen molar-refractivity contribution >= 4 is 11.8 Å². The van der Waals surface area contributed by atoms with Gasteiger partial charge in [-0.15, -0.1) is 11.8 Å². The van der Waals surface area contributed by atoms with Crippen LogP contribution in [0.3, 0.4) is 0 Å². The Hall–Kier alpha value is -0.550. The Bertz CT molecular complexity index is 385. The molecule has 1 unspecified atom stereocenters. The third kappa shape index (κ3) is 2.72. The standard InChI is InChI=1S/C14H21NO2S/c1-2-14(9-16,10-17)15-7-11-8-18-13-6-4-3-5-12(11)13/h3-6,11,15-17H,2,7-10H2,1H3. The second-order valence-electron chi connectivity index (χ2n) is 4.88. The lowest BCUT2D eigenvalue weighted by molar-refractivity contribution is 0.0870. The maximum Gasteiger partial charge on any atom is 0.0645 e. The summed E-state index contributed by atoms with van der Waals surface area (Å²) in [6.45, 7) is 2.73. The number of hydrogen-bond donors (Lipinski definition) is 3. The van der Waals surface area contributed by atoms with Crippen LogP contribution in [0.1, 0.15) is 24.8 Å². The van der Waals surface area contributed by atoms with Crippen LogP contribution in [0.2, 0.25) is 0 Å². The number of hydrogen-bond acceptors (Lipinski definition) is 4. The molecule has 1 heterocycles. The van der Waals surface area contributed by atoms with E-state index in [4.69, 9.17) is 0 Å². The second-order valence-corrected chi connectivity index (χ2v) is 5.94. The Morgan fingerprint density at radius 1 is 1.33 bits per heavy atom. The molecule has 2 rings (SSSR count). The van der Waals surface area contributed by atoms with Crippen LogP contribution >= 0.6 is 11.8 Å². The molecule has 0 spiro atoms. The Kier molecular flexibility index (Phi) is 4.67. The van der Waals surface area contributed by atoms with Crippen LogP contribution in [-0.4, -0.2) is 41.3 Å². The number of nitrogens with one attached hydrogen (secondary N) is 1. The summed E-state index contributed by atoms with van der Waals surface area (Å²) in [4.78, 5) is 1.36. The third-order valence-electron chi connectivity index (χ3n) is 3.80. The molecule has 1 aromatic carbocycles. The zero-order valence-corrected chi connectivity index (χ0v) is 11.5. The molecule has 0 saturated heterocycles. The van der Waals surface area contributed by atoms with Gasteiger partial charge in [0.1, 0.15) is 0 Å². The topological polar surface area (TPSA) is 52.5 Å². The van der Waals surface area contributed by atoms with Gasteiger partial charge in [-0.1, -0.05) is 25.1 Å². The summed E-state index contributed by atoms with van der Waals surface area (Å²) in [5.74, 6) is 1.54. The lowest BCUT2D eigenvalue weighted by Crippen LogP contribution is -2.52. The highest BCUT2D eigenvalue weighted by atomic mass is 32.2. The van der Waals surface area contributed by atoms with E-state index in [2.05, 4.69) is 29.6 Å². The molecule has 18 heavy (non-hydrogen) atoms. The predicted molar refractivity (Wildman–Crippen MR) is 75.1 cm³/mol. The summed E-state index contributed by atoms with van der Waals surface area (Å²) >= 11 is 1.88. The number of aliphatic hydroxyl groups excluding tert-OH is 2. The van der Waals surface area contributed by atoms with Crippen LogP contribution < -0.4 is 5.32 Å². The minimum atomic E-state index is -0.539. The van der Waals surface area contributed by atoms with Gasteiger partial charge >= 0.3 is 0 Å². The monoisotopic (exact) mass is 267 g/mol. The third-order valence-corrected chi connectivity index (χ3v) is 5.06. The van der Waals surface area contributed by atoms with Crippen LogP contribution in [0.25, 0.3) is 0 Å². The van der Waals surface area contributed by atoms with Gasteiger partial charge in [0.15, 0.2) is 0 Å².